The van der Waals surface area contributed by atoms with Gasteiger partial charge in [-0.15, -0.1) is 0 Å². The number of aryl methyl sites for hydroxylation is 2. The van der Waals surface area contributed by atoms with Crippen LogP contribution in [0.1, 0.15) is 18.3 Å². The normalized spacial score (nSPS) is 10.5. The predicted octanol–water partition coefficient (Wildman–Crippen LogP) is 1.77. The Morgan fingerprint density at radius 1 is 1.41 bits per heavy atom. The fourth-order valence-corrected chi connectivity index (χ4v) is 1.61. The fraction of sp³-hybridized carbons (Fsp3) is 0.333. The Balaban J connectivity index is 2.07. The van der Waals surface area contributed by atoms with Crippen molar-refractivity contribution in [2.75, 3.05) is 5.73 Å². The quantitative estimate of drug-likeness (QED) is 0.816. The molecule has 1 aromatic carbocycles. The van der Waals surface area contributed by atoms with Gasteiger partial charge in [0.2, 0.25) is 0 Å². The van der Waals surface area contributed by atoms with Crippen molar-refractivity contribution < 1.29 is 4.74 Å². The number of nitrogens with two attached hydrogens (primary N) is 1. The third kappa shape index (κ3) is 2.55. The fourth-order valence-electron chi connectivity index (χ4n) is 1.61. The minimum absolute atomic E-state index is 0.376. The molecule has 0 unspecified atom stereocenters. The highest BCUT2D eigenvalue weighted by Crippen LogP contribution is 2.22. The summed E-state index contributed by atoms with van der Waals surface area (Å²) in [6.45, 7) is 5.16. The SMILES string of the molecule is CCn1ncnc1COc1ccc(C)cc1N. The van der Waals surface area contributed by atoms with Crippen molar-refractivity contribution in [3.8, 4) is 5.75 Å². The van der Waals surface area contributed by atoms with E-state index in [0.29, 0.717) is 18.0 Å². The van der Waals surface area contributed by atoms with E-state index in [1.165, 1.54) is 6.33 Å². The van der Waals surface area contributed by atoms with Gasteiger partial charge < -0.3 is 10.5 Å². The van der Waals surface area contributed by atoms with Gasteiger partial charge in [0.1, 0.15) is 18.7 Å². The summed E-state index contributed by atoms with van der Waals surface area (Å²) in [5.41, 5.74) is 7.63. The Kier molecular flexibility index (Phi) is 3.27. The maximum atomic E-state index is 5.86. The number of aromatic nitrogens is 3. The monoisotopic (exact) mass is 232 g/mol. The second-order valence-corrected chi connectivity index (χ2v) is 3.82. The molecule has 2 rings (SSSR count). The molecule has 0 aliphatic carbocycles. The zero-order valence-corrected chi connectivity index (χ0v) is 10.1. The van der Waals surface area contributed by atoms with E-state index in [0.717, 1.165) is 17.9 Å². The number of anilines is 1. The highest BCUT2D eigenvalue weighted by atomic mass is 16.5. The van der Waals surface area contributed by atoms with Crippen LogP contribution in [0.25, 0.3) is 0 Å². The predicted molar refractivity (Wildman–Crippen MR) is 65.6 cm³/mol. The molecule has 2 N–H and O–H groups in total. The second-order valence-electron chi connectivity index (χ2n) is 3.82. The molecule has 0 amide bonds. The van der Waals surface area contributed by atoms with Crippen molar-refractivity contribution >= 4 is 5.69 Å². The van der Waals surface area contributed by atoms with Crippen molar-refractivity contribution in [2.45, 2.75) is 27.0 Å². The zero-order chi connectivity index (χ0) is 12.3. The van der Waals surface area contributed by atoms with Crippen LogP contribution >= 0.6 is 0 Å². The first-order valence-corrected chi connectivity index (χ1v) is 5.56. The van der Waals surface area contributed by atoms with Gasteiger partial charge in [-0.25, -0.2) is 9.67 Å². The molecule has 0 saturated carbocycles. The van der Waals surface area contributed by atoms with Gasteiger partial charge in [-0.05, 0) is 31.5 Å². The van der Waals surface area contributed by atoms with E-state index in [2.05, 4.69) is 10.1 Å². The minimum Gasteiger partial charge on any atom is -0.483 e. The first-order chi connectivity index (χ1) is 8.20. The summed E-state index contributed by atoms with van der Waals surface area (Å²) in [6, 6.07) is 5.73. The molecule has 5 heteroatoms. The number of hydrogen-bond acceptors (Lipinski definition) is 4. The molecule has 0 aliphatic rings. The van der Waals surface area contributed by atoms with E-state index in [1.54, 1.807) is 4.68 Å². The third-order valence-corrected chi connectivity index (χ3v) is 2.52. The third-order valence-electron chi connectivity index (χ3n) is 2.52. The molecule has 0 aliphatic heterocycles. The zero-order valence-electron chi connectivity index (χ0n) is 10.1. The molecular formula is C12H16N4O. The maximum Gasteiger partial charge on any atom is 0.164 e. The minimum atomic E-state index is 0.376. The average Bonchev–Trinajstić information content (AvgIpc) is 2.75. The van der Waals surface area contributed by atoms with Crippen LogP contribution in [0.15, 0.2) is 24.5 Å². The Hall–Kier alpha value is -2.04. The Bertz CT molecular complexity index is 507. The lowest BCUT2D eigenvalue weighted by Crippen LogP contribution is -2.08. The van der Waals surface area contributed by atoms with Gasteiger partial charge in [-0.3, -0.25) is 0 Å². The van der Waals surface area contributed by atoms with Gasteiger partial charge in [0.25, 0.3) is 0 Å². The van der Waals surface area contributed by atoms with Crippen LogP contribution in [0.5, 0.6) is 5.75 Å². The van der Waals surface area contributed by atoms with Gasteiger partial charge in [-0.1, -0.05) is 6.07 Å². The van der Waals surface area contributed by atoms with Gasteiger partial charge in [-0.2, -0.15) is 5.10 Å². The standard InChI is InChI=1S/C12H16N4O/c1-3-16-12(14-8-15-16)7-17-11-5-4-9(2)6-10(11)13/h4-6,8H,3,7,13H2,1-2H3. The molecule has 2 aromatic rings. The van der Waals surface area contributed by atoms with Gasteiger partial charge in [0.15, 0.2) is 5.82 Å². The lowest BCUT2D eigenvalue weighted by Gasteiger charge is -2.09. The highest BCUT2D eigenvalue weighted by Gasteiger charge is 2.05. The topological polar surface area (TPSA) is 66.0 Å². The van der Waals surface area contributed by atoms with Gasteiger partial charge >= 0.3 is 0 Å². The summed E-state index contributed by atoms with van der Waals surface area (Å²) in [5, 5.41) is 4.08. The van der Waals surface area contributed by atoms with Gasteiger partial charge in [0.05, 0.1) is 5.69 Å². The van der Waals surface area contributed by atoms with Crippen molar-refractivity contribution in [3.63, 3.8) is 0 Å². The summed E-state index contributed by atoms with van der Waals surface area (Å²) in [4.78, 5) is 4.14. The maximum absolute atomic E-state index is 5.86. The summed E-state index contributed by atoms with van der Waals surface area (Å²) < 4.78 is 7.43. The van der Waals surface area contributed by atoms with Crippen LogP contribution in [0.2, 0.25) is 0 Å². The Morgan fingerprint density at radius 3 is 2.94 bits per heavy atom. The molecule has 0 bridgehead atoms. The number of nitrogen functional groups attached to an aromatic ring is 1. The molecule has 1 aromatic heterocycles. The smallest absolute Gasteiger partial charge is 0.164 e. The molecule has 1 heterocycles. The number of nitrogens with zero attached hydrogens (tertiary/aromatic N) is 3. The molecule has 90 valence electrons. The molecule has 5 nitrogen and oxygen atoms in total. The van der Waals surface area contributed by atoms with E-state index in [4.69, 9.17) is 10.5 Å². The van der Waals surface area contributed by atoms with E-state index >= 15 is 0 Å². The largest absolute Gasteiger partial charge is 0.483 e. The summed E-state index contributed by atoms with van der Waals surface area (Å²) in [7, 11) is 0. The molecule has 0 atom stereocenters. The van der Waals surface area contributed by atoms with Crippen molar-refractivity contribution in [3.05, 3.63) is 35.9 Å². The van der Waals surface area contributed by atoms with E-state index < -0.39 is 0 Å². The van der Waals surface area contributed by atoms with Crippen LogP contribution < -0.4 is 10.5 Å². The van der Waals surface area contributed by atoms with Crippen LogP contribution in [0.4, 0.5) is 5.69 Å². The highest BCUT2D eigenvalue weighted by molar-refractivity contribution is 5.53. The number of benzene rings is 1. The van der Waals surface area contributed by atoms with Crippen molar-refractivity contribution in [1.82, 2.24) is 14.8 Å². The number of hydrogen-bond donors (Lipinski definition) is 1. The first kappa shape index (κ1) is 11.4. The first-order valence-electron chi connectivity index (χ1n) is 5.56. The van der Waals surface area contributed by atoms with Crippen LogP contribution in [0.3, 0.4) is 0 Å². The average molecular weight is 232 g/mol. The molecular weight excluding hydrogens is 216 g/mol. The second kappa shape index (κ2) is 4.86. The van der Waals surface area contributed by atoms with Crippen molar-refractivity contribution in [1.29, 1.82) is 0 Å². The summed E-state index contributed by atoms with van der Waals surface area (Å²) in [6.07, 6.45) is 1.53. The Labute approximate surface area is 100 Å². The molecule has 0 saturated heterocycles. The van der Waals surface area contributed by atoms with Crippen LogP contribution in [-0.4, -0.2) is 14.8 Å². The van der Waals surface area contributed by atoms with Crippen LogP contribution in [0, 0.1) is 6.92 Å². The lowest BCUT2D eigenvalue weighted by atomic mass is 10.2. The molecule has 0 spiro atoms. The molecule has 0 radical (unpaired) electrons. The van der Waals surface area contributed by atoms with Gasteiger partial charge in [0, 0.05) is 6.54 Å². The molecule has 0 fully saturated rings. The van der Waals surface area contributed by atoms with Crippen LogP contribution in [-0.2, 0) is 13.2 Å². The summed E-state index contributed by atoms with van der Waals surface area (Å²) in [5.74, 6) is 1.48. The molecule has 17 heavy (non-hydrogen) atoms. The van der Waals surface area contributed by atoms with E-state index in [1.807, 2.05) is 32.0 Å². The van der Waals surface area contributed by atoms with Crippen molar-refractivity contribution in [2.24, 2.45) is 0 Å². The Morgan fingerprint density at radius 2 is 2.24 bits per heavy atom. The van der Waals surface area contributed by atoms with E-state index in [9.17, 15) is 0 Å². The van der Waals surface area contributed by atoms with E-state index in [-0.39, 0.29) is 0 Å². The number of rotatable bonds is 4. The lowest BCUT2D eigenvalue weighted by molar-refractivity contribution is 0.289. The summed E-state index contributed by atoms with van der Waals surface area (Å²) >= 11 is 0. The number of ether oxygens (including phenoxy) is 1.